The monoisotopic (exact) mass is 151 g/mol. The summed E-state index contributed by atoms with van der Waals surface area (Å²) >= 11 is 1.84. The second-order valence-electron chi connectivity index (χ2n) is 2.53. The fraction of sp³-hybridized carbons (Fsp3) is 0.375. The Labute approximate surface area is 64.4 Å². The zero-order valence-electron chi connectivity index (χ0n) is 5.92. The molecule has 0 N–H and O–H groups in total. The quantitative estimate of drug-likeness (QED) is 0.538. The van der Waals surface area contributed by atoms with Gasteiger partial charge in [-0.1, -0.05) is 0 Å². The van der Waals surface area contributed by atoms with E-state index in [9.17, 15) is 0 Å². The Balaban J connectivity index is 2.53. The molecule has 0 unspecified atom stereocenters. The fourth-order valence-electron chi connectivity index (χ4n) is 1.22. The van der Waals surface area contributed by atoms with Crippen LogP contribution in [0.5, 0.6) is 0 Å². The smallest absolute Gasteiger partial charge is 0.0484 e. The van der Waals surface area contributed by atoms with E-state index < -0.39 is 0 Å². The first kappa shape index (κ1) is 6.10. The zero-order valence-corrected chi connectivity index (χ0v) is 6.74. The summed E-state index contributed by atoms with van der Waals surface area (Å²) in [6.45, 7) is 3.12. The van der Waals surface area contributed by atoms with Gasteiger partial charge in [-0.05, 0) is 25.0 Å². The largest absolute Gasteiger partial charge is 0.291 e. The van der Waals surface area contributed by atoms with E-state index in [0.717, 1.165) is 13.0 Å². The molecule has 0 spiro atoms. The van der Waals surface area contributed by atoms with Gasteiger partial charge in [0.25, 0.3) is 0 Å². The molecule has 0 saturated heterocycles. The number of hydrogen-bond acceptors (Lipinski definition) is 2. The highest BCUT2D eigenvalue weighted by Crippen LogP contribution is 2.22. The molecule has 1 aromatic heterocycles. The number of hydrogen-bond donors (Lipinski definition) is 0. The maximum Gasteiger partial charge on any atom is 0.0484 e. The number of nitrogens with zero attached hydrogens (tertiary/aromatic N) is 1. The highest BCUT2D eigenvalue weighted by Gasteiger charge is 2.06. The molecule has 1 aromatic rings. The summed E-state index contributed by atoms with van der Waals surface area (Å²) < 4.78 is 0. The molecule has 52 valence electrons. The Morgan fingerprint density at radius 1 is 1.60 bits per heavy atom. The molecule has 0 radical (unpaired) electrons. The number of rotatable bonds is 0. The molecule has 0 bridgehead atoms. The van der Waals surface area contributed by atoms with Crippen molar-refractivity contribution in [2.24, 2.45) is 4.99 Å². The lowest BCUT2D eigenvalue weighted by molar-refractivity contribution is 0.960. The molecule has 0 saturated carbocycles. The van der Waals surface area contributed by atoms with E-state index >= 15 is 0 Å². The summed E-state index contributed by atoms with van der Waals surface area (Å²) in [7, 11) is 0. The van der Waals surface area contributed by atoms with Gasteiger partial charge in [-0.15, -0.1) is 11.3 Å². The van der Waals surface area contributed by atoms with E-state index in [1.165, 1.54) is 15.3 Å². The third kappa shape index (κ3) is 0.886. The van der Waals surface area contributed by atoms with Gasteiger partial charge in [0.15, 0.2) is 0 Å². The number of fused-ring (bicyclic) bond motifs is 1. The van der Waals surface area contributed by atoms with E-state index in [1.807, 2.05) is 17.6 Å². The summed E-state index contributed by atoms with van der Waals surface area (Å²) in [6, 6.07) is 2.27. The van der Waals surface area contributed by atoms with Crippen LogP contribution in [0.15, 0.2) is 11.1 Å². The third-order valence-corrected chi connectivity index (χ3v) is 2.71. The maximum atomic E-state index is 4.22. The van der Waals surface area contributed by atoms with Crippen LogP contribution in [-0.4, -0.2) is 12.8 Å². The first-order valence-electron chi connectivity index (χ1n) is 3.45. The van der Waals surface area contributed by atoms with Crippen molar-refractivity contribution in [3.8, 4) is 0 Å². The van der Waals surface area contributed by atoms with Crippen molar-refractivity contribution in [3.05, 3.63) is 21.4 Å². The van der Waals surface area contributed by atoms with Gasteiger partial charge in [0, 0.05) is 22.5 Å². The lowest BCUT2D eigenvalue weighted by atomic mass is 10.1. The first-order chi connectivity index (χ1) is 4.86. The van der Waals surface area contributed by atoms with Gasteiger partial charge in [0.05, 0.1) is 0 Å². The Morgan fingerprint density at radius 3 is 3.30 bits per heavy atom. The molecule has 0 fully saturated rings. The van der Waals surface area contributed by atoms with Crippen LogP contribution in [0.4, 0.5) is 0 Å². The molecule has 1 aliphatic rings. The van der Waals surface area contributed by atoms with Gasteiger partial charge >= 0.3 is 0 Å². The third-order valence-electron chi connectivity index (χ3n) is 1.68. The lowest BCUT2D eigenvalue weighted by Crippen LogP contribution is -1.97. The first-order valence-corrected chi connectivity index (χ1v) is 4.27. The van der Waals surface area contributed by atoms with E-state index in [4.69, 9.17) is 0 Å². The summed E-state index contributed by atoms with van der Waals surface area (Å²) in [5.41, 5.74) is 1.48. The van der Waals surface area contributed by atoms with Crippen LogP contribution >= 0.6 is 11.3 Å². The summed E-state index contributed by atoms with van der Waals surface area (Å²) in [4.78, 5) is 6.98. The molecule has 1 nitrogen and oxygen atoms in total. The van der Waals surface area contributed by atoms with E-state index in [2.05, 4.69) is 18.0 Å². The molecule has 0 atom stereocenters. The van der Waals surface area contributed by atoms with Crippen molar-refractivity contribution in [2.75, 3.05) is 6.54 Å². The van der Waals surface area contributed by atoms with Crippen LogP contribution in [0, 0.1) is 6.92 Å². The molecule has 1 aliphatic heterocycles. The summed E-state index contributed by atoms with van der Waals surface area (Å²) in [6.07, 6.45) is 3.13. The standard InChI is InChI=1S/C8H9NS/c1-6-4-7-2-3-9-5-8(7)10-6/h4-5H,2-3H2,1H3. The van der Waals surface area contributed by atoms with E-state index in [0.29, 0.717) is 0 Å². The zero-order chi connectivity index (χ0) is 6.97. The second kappa shape index (κ2) is 2.20. The molecule has 2 rings (SSSR count). The Bertz CT molecular complexity index is 273. The Hall–Kier alpha value is -0.630. The van der Waals surface area contributed by atoms with Crippen molar-refractivity contribution in [3.63, 3.8) is 0 Å². The van der Waals surface area contributed by atoms with Crippen LogP contribution in [0.2, 0.25) is 0 Å². The van der Waals surface area contributed by atoms with Crippen LogP contribution < -0.4 is 0 Å². The van der Waals surface area contributed by atoms with E-state index in [-0.39, 0.29) is 0 Å². The van der Waals surface area contributed by atoms with Crippen molar-refractivity contribution in [2.45, 2.75) is 13.3 Å². The fourth-order valence-corrected chi connectivity index (χ4v) is 2.19. The van der Waals surface area contributed by atoms with Crippen molar-refractivity contribution in [1.29, 1.82) is 0 Å². The minimum absolute atomic E-state index is 0.975. The van der Waals surface area contributed by atoms with Gasteiger partial charge in [0.1, 0.15) is 0 Å². The summed E-state index contributed by atoms with van der Waals surface area (Å²) in [5.74, 6) is 0. The van der Waals surface area contributed by atoms with Gasteiger partial charge in [-0.2, -0.15) is 0 Å². The Morgan fingerprint density at radius 2 is 2.50 bits per heavy atom. The number of aliphatic imine (C=N–C) groups is 1. The van der Waals surface area contributed by atoms with Crippen LogP contribution in [0.1, 0.15) is 15.3 Å². The molecule has 0 aliphatic carbocycles. The van der Waals surface area contributed by atoms with Crippen molar-refractivity contribution in [1.82, 2.24) is 0 Å². The molecular weight excluding hydrogens is 142 g/mol. The van der Waals surface area contributed by atoms with Gasteiger partial charge in [-0.3, -0.25) is 4.99 Å². The molecule has 2 heterocycles. The predicted octanol–water partition coefficient (Wildman–Crippen LogP) is 2.03. The van der Waals surface area contributed by atoms with Gasteiger partial charge in [-0.25, -0.2) is 0 Å². The maximum absolute atomic E-state index is 4.22. The number of thiophene rings is 1. The lowest BCUT2D eigenvalue weighted by Gasteiger charge is -2.01. The summed E-state index contributed by atoms with van der Waals surface area (Å²) in [5, 5.41) is 0. The topological polar surface area (TPSA) is 12.4 Å². The molecular formula is C8H9NS. The second-order valence-corrected chi connectivity index (χ2v) is 3.82. The van der Waals surface area contributed by atoms with Gasteiger partial charge < -0.3 is 0 Å². The van der Waals surface area contributed by atoms with Crippen LogP contribution in [-0.2, 0) is 6.42 Å². The van der Waals surface area contributed by atoms with Crippen molar-refractivity contribution < 1.29 is 0 Å². The average Bonchev–Trinajstić information content (AvgIpc) is 2.27. The average molecular weight is 151 g/mol. The molecule has 0 aromatic carbocycles. The van der Waals surface area contributed by atoms with Crippen LogP contribution in [0.25, 0.3) is 0 Å². The SMILES string of the molecule is Cc1cc2c(s1)C=NCC2. The normalized spacial score (nSPS) is 15.3. The minimum Gasteiger partial charge on any atom is -0.291 e. The minimum atomic E-state index is 0.975. The van der Waals surface area contributed by atoms with Gasteiger partial charge in [0.2, 0.25) is 0 Å². The Kier molecular flexibility index (Phi) is 1.34. The highest BCUT2D eigenvalue weighted by atomic mass is 32.1. The van der Waals surface area contributed by atoms with Crippen LogP contribution in [0.3, 0.4) is 0 Å². The van der Waals surface area contributed by atoms with E-state index in [1.54, 1.807) is 0 Å². The number of aryl methyl sites for hydroxylation is 1. The van der Waals surface area contributed by atoms with Crippen molar-refractivity contribution >= 4 is 17.6 Å². The molecule has 0 amide bonds. The molecule has 10 heavy (non-hydrogen) atoms. The highest BCUT2D eigenvalue weighted by molar-refractivity contribution is 7.13. The predicted molar refractivity (Wildman–Crippen MR) is 45.2 cm³/mol. The molecule has 2 heteroatoms.